The molecule has 3 heteroatoms. The van der Waals surface area contributed by atoms with Gasteiger partial charge in [0.25, 0.3) is 0 Å². The lowest BCUT2D eigenvalue weighted by molar-refractivity contribution is -0.120. The summed E-state index contributed by atoms with van der Waals surface area (Å²) in [7, 11) is 0. The van der Waals surface area contributed by atoms with E-state index in [-0.39, 0.29) is 11.9 Å². The minimum absolute atomic E-state index is 0.101. The first-order chi connectivity index (χ1) is 10.1. The van der Waals surface area contributed by atoms with E-state index in [4.69, 9.17) is 0 Å². The summed E-state index contributed by atoms with van der Waals surface area (Å²) in [4.78, 5) is 14.7. The number of nitrogens with one attached hydrogen (secondary N) is 1. The van der Waals surface area contributed by atoms with Gasteiger partial charge in [0, 0.05) is 6.54 Å². The fraction of sp³-hybridized carbons (Fsp3) is 0.611. The van der Waals surface area contributed by atoms with Gasteiger partial charge in [-0.3, -0.25) is 4.79 Å². The number of amides is 1. The Morgan fingerprint density at radius 1 is 1.14 bits per heavy atom. The van der Waals surface area contributed by atoms with Crippen molar-refractivity contribution < 1.29 is 4.79 Å². The topological polar surface area (TPSA) is 32.3 Å². The molecule has 0 radical (unpaired) electrons. The molecule has 0 bridgehead atoms. The summed E-state index contributed by atoms with van der Waals surface area (Å²) in [6.07, 6.45) is 6.11. The second-order valence-electron chi connectivity index (χ2n) is 6.29. The molecule has 2 rings (SSSR count). The van der Waals surface area contributed by atoms with E-state index in [2.05, 4.69) is 32.2 Å². The third-order valence-corrected chi connectivity index (χ3v) is 4.19. The number of hydrogen-bond acceptors (Lipinski definition) is 2. The second-order valence-corrected chi connectivity index (χ2v) is 6.29. The van der Waals surface area contributed by atoms with Gasteiger partial charge in [0.1, 0.15) is 6.04 Å². The molecule has 0 spiro atoms. The smallest absolute Gasteiger partial charge is 0.249 e. The van der Waals surface area contributed by atoms with Gasteiger partial charge in [0.2, 0.25) is 5.91 Å². The lowest BCUT2D eigenvalue weighted by Gasteiger charge is -2.37. The molecule has 0 fully saturated rings. The highest BCUT2D eigenvalue weighted by molar-refractivity contribution is 6.05. The van der Waals surface area contributed by atoms with E-state index in [1.165, 1.54) is 25.7 Å². The summed E-state index contributed by atoms with van der Waals surface area (Å²) in [6.45, 7) is 7.26. The van der Waals surface area contributed by atoms with Crippen molar-refractivity contribution in [2.24, 2.45) is 5.92 Å². The predicted octanol–water partition coefficient (Wildman–Crippen LogP) is 4.44. The van der Waals surface area contributed by atoms with E-state index in [9.17, 15) is 4.79 Å². The van der Waals surface area contributed by atoms with Crippen LogP contribution in [0.1, 0.15) is 52.9 Å². The first-order valence-electron chi connectivity index (χ1n) is 8.32. The van der Waals surface area contributed by atoms with E-state index in [0.717, 1.165) is 24.3 Å². The largest absolute Gasteiger partial charge is 0.372 e. The van der Waals surface area contributed by atoms with Crippen molar-refractivity contribution in [2.75, 3.05) is 16.8 Å². The van der Waals surface area contributed by atoms with E-state index >= 15 is 0 Å². The molecular formula is C18H28N2O. The molecule has 3 nitrogen and oxygen atoms in total. The molecule has 1 heterocycles. The summed E-state index contributed by atoms with van der Waals surface area (Å²) < 4.78 is 0. The molecule has 1 N–H and O–H groups in total. The Kier molecular flexibility index (Phi) is 5.66. The van der Waals surface area contributed by atoms with Gasteiger partial charge in [-0.25, -0.2) is 0 Å². The number of carbonyl (C=O) groups excluding carboxylic acids is 1. The number of anilines is 2. The Morgan fingerprint density at radius 3 is 2.57 bits per heavy atom. The molecule has 1 amide bonds. The lowest BCUT2D eigenvalue weighted by atomic mass is 9.98. The Bertz CT molecular complexity index is 470. The first-order valence-corrected chi connectivity index (χ1v) is 8.32. The molecule has 1 aliphatic rings. The zero-order chi connectivity index (χ0) is 15.2. The van der Waals surface area contributed by atoms with Crippen LogP contribution < -0.4 is 10.2 Å². The van der Waals surface area contributed by atoms with Gasteiger partial charge >= 0.3 is 0 Å². The third kappa shape index (κ3) is 3.78. The van der Waals surface area contributed by atoms with Crippen molar-refractivity contribution in [1.82, 2.24) is 0 Å². The van der Waals surface area contributed by atoms with Gasteiger partial charge in [-0.05, 0) is 24.5 Å². The molecule has 0 aromatic heterocycles. The Balaban J connectivity index is 2.07. The second kappa shape index (κ2) is 7.48. The summed E-state index contributed by atoms with van der Waals surface area (Å²) in [5.74, 6) is 0.521. The maximum atomic E-state index is 12.7. The van der Waals surface area contributed by atoms with Crippen molar-refractivity contribution in [3.63, 3.8) is 0 Å². The van der Waals surface area contributed by atoms with E-state index in [1.807, 2.05) is 23.1 Å². The molecule has 1 aliphatic heterocycles. The van der Waals surface area contributed by atoms with Crippen LogP contribution in [0.25, 0.3) is 0 Å². The van der Waals surface area contributed by atoms with Crippen LogP contribution in [-0.2, 0) is 4.79 Å². The van der Waals surface area contributed by atoms with Gasteiger partial charge in [0.05, 0.1) is 11.4 Å². The predicted molar refractivity (Wildman–Crippen MR) is 89.8 cm³/mol. The average molecular weight is 288 g/mol. The van der Waals surface area contributed by atoms with Crippen molar-refractivity contribution in [3.8, 4) is 0 Å². The molecule has 0 saturated carbocycles. The zero-order valence-electron chi connectivity index (χ0n) is 13.6. The number of fused-ring (bicyclic) bond motifs is 1. The van der Waals surface area contributed by atoms with Gasteiger partial charge in [0.15, 0.2) is 0 Å². The van der Waals surface area contributed by atoms with E-state index < -0.39 is 0 Å². The highest BCUT2D eigenvalue weighted by atomic mass is 16.2. The minimum atomic E-state index is -0.101. The molecule has 116 valence electrons. The summed E-state index contributed by atoms with van der Waals surface area (Å²) in [6, 6.07) is 8.05. The van der Waals surface area contributed by atoms with Crippen LogP contribution in [0, 0.1) is 5.92 Å². The number of carbonyl (C=O) groups is 1. The van der Waals surface area contributed by atoms with Gasteiger partial charge < -0.3 is 10.2 Å². The van der Waals surface area contributed by atoms with Crippen molar-refractivity contribution in [2.45, 2.75) is 58.9 Å². The van der Waals surface area contributed by atoms with E-state index in [0.29, 0.717) is 5.92 Å². The Labute approximate surface area is 128 Å². The SMILES string of the molecule is CCCCCCCN1C(=O)C(C(C)C)Nc2ccccc21. The average Bonchev–Trinajstić information content (AvgIpc) is 2.48. The molecule has 0 aliphatic carbocycles. The summed E-state index contributed by atoms with van der Waals surface area (Å²) in [5.41, 5.74) is 2.12. The Morgan fingerprint density at radius 2 is 1.86 bits per heavy atom. The third-order valence-electron chi connectivity index (χ3n) is 4.19. The van der Waals surface area contributed by atoms with Crippen LogP contribution >= 0.6 is 0 Å². The number of benzene rings is 1. The van der Waals surface area contributed by atoms with Crippen molar-refractivity contribution in [1.29, 1.82) is 0 Å². The standard InChI is InChI=1S/C18H28N2O/c1-4-5-6-7-10-13-20-16-12-9-8-11-15(16)19-17(14(2)3)18(20)21/h8-9,11-12,14,17,19H,4-7,10,13H2,1-3H3. The van der Waals surface area contributed by atoms with Gasteiger partial charge in [-0.1, -0.05) is 58.6 Å². The molecule has 0 saturated heterocycles. The zero-order valence-corrected chi connectivity index (χ0v) is 13.6. The van der Waals surface area contributed by atoms with Crippen molar-refractivity contribution >= 4 is 17.3 Å². The molecular weight excluding hydrogens is 260 g/mol. The van der Waals surface area contributed by atoms with Crippen LogP contribution in [0.2, 0.25) is 0 Å². The van der Waals surface area contributed by atoms with Crippen LogP contribution in [0.3, 0.4) is 0 Å². The Hall–Kier alpha value is -1.51. The molecule has 1 atom stereocenters. The monoisotopic (exact) mass is 288 g/mol. The number of para-hydroxylation sites is 2. The first kappa shape index (κ1) is 15.9. The normalized spacial score (nSPS) is 17.8. The summed E-state index contributed by atoms with van der Waals surface area (Å²) >= 11 is 0. The number of unbranched alkanes of at least 4 members (excludes halogenated alkanes) is 4. The van der Waals surface area contributed by atoms with E-state index in [1.54, 1.807) is 0 Å². The fourth-order valence-corrected chi connectivity index (χ4v) is 2.90. The van der Waals surface area contributed by atoms with Crippen LogP contribution in [0.15, 0.2) is 24.3 Å². The molecule has 1 unspecified atom stereocenters. The van der Waals surface area contributed by atoms with Crippen LogP contribution in [0.5, 0.6) is 0 Å². The molecule has 1 aromatic rings. The van der Waals surface area contributed by atoms with Crippen molar-refractivity contribution in [3.05, 3.63) is 24.3 Å². The van der Waals surface area contributed by atoms with Crippen LogP contribution in [0.4, 0.5) is 11.4 Å². The maximum absolute atomic E-state index is 12.7. The fourth-order valence-electron chi connectivity index (χ4n) is 2.90. The number of nitrogens with zero attached hydrogens (tertiary/aromatic N) is 1. The molecule has 1 aromatic carbocycles. The number of rotatable bonds is 7. The lowest BCUT2D eigenvalue weighted by Crippen LogP contribution is -2.49. The highest BCUT2D eigenvalue weighted by Crippen LogP contribution is 2.33. The summed E-state index contributed by atoms with van der Waals surface area (Å²) in [5, 5.41) is 3.40. The number of hydrogen-bond donors (Lipinski definition) is 1. The quantitative estimate of drug-likeness (QED) is 0.752. The van der Waals surface area contributed by atoms with Gasteiger partial charge in [-0.2, -0.15) is 0 Å². The maximum Gasteiger partial charge on any atom is 0.249 e. The minimum Gasteiger partial charge on any atom is -0.372 e. The van der Waals surface area contributed by atoms with Crippen LogP contribution in [-0.4, -0.2) is 18.5 Å². The highest BCUT2D eigenvalue weighted by Gasteiger charge is 2.33. The molecule has 21 heavy (non-hydrogen) atoms. The van der Waals surface area contributed by atoms with Gasteiger partial charge in [-0.15, -0.1) is 0 Å².